The summed E-state index contributed by atoms with van der Waals surface area (Å²) in [7, 11) is 0. The first-order chi connectivity index (χ1) is 5.42. The van der Waals surface area contributed by atoms with Gasteiger partial charge >= 0.3 is 0 Å². The Morgan fingerprint density at radius 2 is 2.45 bits per heavy atom. The second-order valence-electron chi connectivity index (χ2n) is 3.06. The molecule has 62 valence electrons. The Morgan fingerprint density at radius 1 is 1.55 bits per heavy atom. The molecule has 3 atom stereocenters. The Hall–Kier alpha value is -0.610. The highest BCUT2D eigenvalue weighted by atomic mass is 16.5. The van der Waals surface area contributed by atoms with Gasteiger partial charge in [0.15, 0.2) is 6.23 Å². The van der Waals surface area contributed by atoms with Crippen LogP contribution in [-0.2, 0) is 9.53 Å². The standard InChI is InChI=1S/C7H12N2O2/c10-5-11-7-6-1-3-8-9(7)4-2-6/h5-8H,1-4H2. The lowest BCUT2D eigenvalue weighted by Crippen LogP contribution is -2.49. The SMILES string of the molecule is O=COC1C2CCNN1CC2. The van der Waals surface area contributed by atoms with Crippen LogP contribution in [0.2, 0.25) is 0 Å². The summed E-state index contributed by atoms with van der Waals surface area (Å²) in [6.45, 7) is 2.57. The molecule has 2 aliphatic rings. The zero-order valence-corrected chi connectivity index (χ0v) is 6.32. The molecule has 0 saturated carbocycles. The van der Waals surface area contributed by atoms with E-state index in [4.69, 9.17) is 4.74 Å². The Kier molecular flexibility index (Phi) is 1.79. The van der Waals surface area contributed by atoms with E-state index in [1.807, 2.05) is 5.01 Å². The first kappa shape index (κ1) is 7.06. The van der Waals surface area contributed by atoms with Gasteiger partial charge in [0.25, 0.3) is 6.47 Å². The number of nitrogens with one attached hydrogen (secondary N) is 1. The smallest absolute Gasteiger partial charge is 0.294 e. The number of ether oxygens (including phenoxy) is 1. The summed E-state index contributed by atoms with van der Waals surface area (Å²) in [4.78, 5) is 10.1. The molecule has 4 nitrogen and oxygen atoms in total. The maximum Gasteiger partial charge on any atom is 0.294 e. The molecule has 0 aliphatic carbocycles. The van der Waals surface area contributed by atoms with Crippen molar-refractivity contribution in [2.24, 2.45) is 5.92 Å². The minimum atomic E-state index is 0.00116. The van der Waals surface area contributed by atoms with Crippen molar-refractivity contribution >= 4 is 6.47 Å². The first-order valence-corrected chi connectivity index (χ1v) is 4.01. The van der Waals surface area contributed by atoms with Crippen LogP contribution in [0.25, 0.3) is 0 Å². The minimum Gasteiger partial charge on any atom is -0.447 e. The molecule has 2 aliphatic heterocycles. The van der Waals surface area contributed by atoms with E-state index in [2.05, 4.69) is 5.43 Å². The Balaban J connectivity index is 2.02. The van der Waals surface area contributed by atoms with Gasteiger partial charge in [0, 0.05) is 19.0 Å². The fourth-order valence-corrected chi connectivity index (χ4v) is 1.92. The highest BCUT2D eigenvalue weighted by Crippen LogP contribution is 2.28. The molecule has 3 unspecified atom stereocenters. The van der Waals surface area contributed by atoms with Crippen molar-refractivity contribution in [3.63, 3.8) is 0 Å². The predicted octanol–water partition coefficient (Wildman–Crippen LogP) is -0.284. The molecule has 1 N–H and O–H groups in total. The molecule has 2 heterocycles. The van der Waals surface area contributed by atoms with Crippen LogP contribution in [0.3, 0.4) is 0 Å². The van der Waals surface area contributed by atoms with Crippen LogP contribution in [0.4, 0.5) is 0 Å². The van der Waals surface area contributed by atoms with Crippen LogP contribution >= 0.6 is 0 Å². The van der Waals surface area contributed by atoms with Crippen molar-refractivity contribution in [2.75, 3.05) is 13.1 Å². The molecular weight excluding hydrogens is 144 g/mol. The van der Waals surface area contributed by atoms with Crippen LogP contribution in [0.15, 0.2) is 0 Å². The minimum absolute atomic E-state index is 0.00116. The maximum atomic E-state index is 10.1. The fraction of sp³-hybridized carbons (Fsp3) is 0.857. The van der Waals surface area contributed by atoms with Crippen LogP contribution in [0, 0.1) is 5.92 Å². The third-order valence-corrected chi connectivity index (χ3v) is 2.48. The van der Waals surface area contributed by atoms with Crippen LogP contribution < -0.4 is 5.43 Å². The summed E-state index contributed by atoms with van der Waals surface area (Å²) >= 11 is 0. The van der Waals surface area contributed by atoms with Crippen molar-refractivity contribution in [1.82, 2.24) is 10.4 Å². The molecule has 4 heteroatoms. The molecular formula is C7H12N2O2. The monoisotopic (exact) mass is 156 g/mol. The molecule has 2 fully saturated rings. The zero-order chi connectivity index (χ0) is 7.68. The summed E-state index contributed by atoms with van der Waals surface area (Å²) in [5, 5.41) is 2.02. The lowest BCUT2D eigenvalue weighted by molar-refractivity contribution is -0.150. The molecule has 0 spiro atoms. The summed E-state index contributed by atoms with van der Waals surface area (Å²) < 4.78 is 4.95. The average Bonchev–Trinajstić information content (AvgIpc) is 2.30. The lowest BCUT2D eigenvalue weighted by Gasteiger charge is -2.31. The van der Waals surface area contributed by atoms with Gasteiger partial charge in [-0.1, -0.05) is 0 Å². The number of carbonyl (C=O) groups excluding carboxylic acids is 1. The quantitative estimate of drug-likeness (QED) is 0.558. The maximum absolute atomic E-state index is 10.1. The Labute approximate surface area is 65.5 Å². The molecule has 11 heavy (non-hydrogen) atoms. The van der Waals surface area contributed by atoms with Gasteiger partial charge in [0.05, 0.1) is 0 Å². The van der Waals surface area contributed by atoms with Crippen molar-refractivity contribution in [2.45, 2.75) is 19.1 Å². The normalized spacial score (nSPS) is 42.0. The lowest BCUT2D eigenvalue weighted by atomic mass is 10.0. The van der Waals surface area contributed by atoms with Crippen LogP contribution in [-0.4, -0.2) is 30.8 Å². The molecule has 0 aromatic carbocycles. The number of nitrogens with zero attached hydrogens (tertiary/aromatic N) is 1. The van der Waals surface area contributed by atoms with E-state index < -0.39 is 0 Å². The third-order valence-electron chi connectivity index (χ3n) is 2.48. The largest absolute Gasteiger partial charge is 0.447 e. The molecule has 0 aromatic rings. The second kappa shape index (κ2) is 2.79. The second-order valence-corrected chi connectivity index (χ2v) is 3.06. The Morgan fingerprint density at radius 3 is 3.18 bits per heavy atom. The number of fused-ring (bicyclic) bond motifs is 2. The zero-order valence-electron chi connectivity index (χ0n) is 6.32. The van der Waals surface area contributed by atoms with Crippen LogP contribution in [0.1, 0.15) is 12.8 Å². The van der Waals surface area contributed by atoms with Crippen molar-refractivity contribution < 1.29 is 9.53 Å². The molecule has 2 bridgehead atoms. The van der Waals surface area contributed by atoms with Gasteiger partial charge in [0.1, 0.15) is 0 Å². The molecule has 0 aromatic heterocycles. The van der Waals surface area contributed by atoms with E-state index in [0.29, 0.717) is 12.4 Å². The third kappa shape index (κ3) is 1.12. The van der Waals surface area contributed by atoms with E-state index >= 15 is 0 Å². The average molecular weight is 156 g/mol. The van der Waals surface area contributed by atoms with Crippen LogP contribution in [0.5, 0.6) is 0 Å². The highest BCUT2D eigenvalue weighted by molar-refractivity contribution is 5.37. The predicted molar refractivity (Wildman–Crippen MR) is 38.4 cm³/mol. The van der Waals surface area contributed by atoms with Gasteiger partial charge in [-0.05, 0) is 12.8 Å². The van der Waals surface area contributed by atoms with Crippen molar-refractivity contribution in [3.8, 4) is 0 Å². The summed E-state index contributed by atoms with van der Waals surface area (Å²) in [6, 6.07) is 0. The molecule has 2 rings (SSSR count). The fourth-order valence-electron chi connectivity index (χ4n) is 1.92. The number of hydrogen-bond donors (Lipinski definition) is 1. The summed E-state index contributed by atoms with van der Waals surface area (Å²) in [5.74, 6) is 0.557. The van der Waals surface area contributed by atoms with E-state index in [0.717, 1.165) is 25.9 Å². The number of hydrogen-bond acceptors (Lipinski definition) is 4. The van der Waals surface area contributed by atoms with Gasteiger partial charge < -0.3 is 4.74 Å². The summed E-state index contributed by atoms with van der Waals surface area (Å²) in [5.41, 5.74) is 3.19. The van der Waals surface area contributed by atoms with Gasteiger partial charge in [-0.15, -0.1) is 0 Å². The van der Waals surface area contributed by atoms with Gasteiger partial charge in [-0.3, -0.25) is 10.2 Å². The van der Waals surface area contributed by atoms with Gasteiger partial charge in [-0.25, -0.2) is 5.01 Å². The number of carbonyl (C=O) groups is 1. The Bertz CT molecular complexity index is 147. The van der Waals surface area contributed by atoms with Gasteiger partial charge in [0.2, 0.25) is 0 Å². The first-order valence-electron chi connectivity index (χ1n) is 4.01. The van der Waals surface area contributed by atoms with Crippen molar-refractivity contribution in [3.05, 3.63) is 0 Å². The van der Waals surface area contributed by atoms with Crippen molar-refractivity contribution in [1.29, 1.82) is 0 Å². The number of rotatable bonds is 2. The van der Waals surface area contributed by atoms with Gasteiger partial charge in [-0.2, -0.15) is 0 Å². The molecule has 0 radical (unpaired) electrons. The van der Waals surface area contributed by atoms with E-state index in [1.54, 1.807) is 0 Å². The topological polar surface area (TPSA) is 41.6 Å². The van der Waals surface area contributed by atoms with E-state index in [1.165, 1.54) is 0 Å². The summed E-state index contributed by atoms with van der Waals surface area (Å²) in [6.07, 6.45) is 2.27. The number of hydrazine groups is 1. The van der Waals surface area contributed by atoms with E-state index in [-0.39, 0.29) is 6.23 Å². The highest BCUT2D eigenvalue weighted by Gasteiger charge is 2.38. The molecule has 0 amide bonds. The molecule has 2 saturated heterocycles. The van der Waals surface area contributed by atoms with E-state index in [9.17, 15) is 4.79 Å².